The van der Waals surface area contributed by atoms with E-state index in [9.17, 15) is 0 Å². The Labute approximate surface area is 142 Å². The van der Waals surface area contributed by atoms with E-state index in [1.165, 1.54) is 11.1 Å². The minimum Gasteiger partial charge on any atom is -0.326 e. The van der Waals surface area contributed by atoms with Gasteiger partial charge in [-0.15, -0.1) is 0 Å². The molecule has 2 N–H and O–H groups in total. The number of aromatic nitrogens is 2. The molecule has 122 valence electrons. The zero-order valence-corrected chi connectivity index (χ0v) is 13.6. The lowest BCUT2D eigenvalue weighted by Gasteiger charge is -2.15. The molecule has 1 aliphatic heterocycles. The number of hydrogen-bond acceptors (Lipinski definition) is 3. The third-order valence-corrected chi connectivity index (χ3v) is 4.73. The van der Waals surface area contributed by atoms with Gasteiger partial charge in [0, 0.05) is 43.4 Å². The molecule has 3 aromatic rings. The number of nitrogens with two attached hydrogens (primary N) is 1. The summed E-state index contributed by atoms with van der Waals surface area (Å²) in [7, 11) is 0. The summed E-state index contributed by atoms with van der Waals surface area (Å²) in [5.41, 5.74) is 10.0. The Morgan fingerprint density at radius 1 is 0.958 bits per heavy atom. The van der Waals surface area contributed by atoms with Crippen molar-refractivity contribution in [1.82, 2.24) is 14.7 Å². The zero-order chi connectivity index (χ0) is 16.4. The average Bonchev–Trinajstić information content (AvgIpc) is 3.23. The predicted molar refractivity (Wildman–Crippen MR) is 96.0 cm³/mol. The number of nitrogens with zero attached hydrogens (tertiary/aromatic N) is 3. The van der Waals surface area contributed by atoms with Crippen molar-refractivity contribution in [2.45, 2.75) is 18.5 Å². The maximum Gasteiger partial charge on any atom is 0.0645 e. The molecule has 1 saturated heterocycles. The van der Waals surface area contributed by atoms with Crippen LogP contribution in [0.2, 0.25) is 0 Å². The second-order valence-electron chi connectivity index (χ2n) is 6.50. The number of rotatable bonds is 4. The molecule has 0 bridgehead atoms. The highest BCUT2D eigenvalue weighted by Crippen LogP contribution is 2.27. The van der Waals surface area contributed by atoms with E-state index in [1.807, 2.05) is 29.1 Å². The van der Waals surface area contributed by atoms with Crippen molar-refractivity contribution in [1.29, 1.82) is 0 Å². The second kappa shape index (κ2) is 6.59. The fourth-order valence-electron chi connectivity index (χ4n) is 3.52. The molecule has 1 fully saturated rings. The molecule has 24 heavy (non-hydrogen) atoms. The first kappa shape index (κ1) is 15.1. The van der Waals surface area contributed by atoms with E-state index in [2.05, 4.69) is 58.7 Å². The van der Waals surface area contributed by atoms with Gasteiger partial charge < -0.3 is 5.73 Å². The molecule has 1 aliphatic rings. The molecule has 4 heteroatoms. The Balaban J connectivity index is 1.44. The van der Waals surface area contributed by atoms with E-state index >= 15 is 0 Å². The lowest BCUT2D eigenvalue weighted by Crippen LogP contribution is -2.28. The fourth-order valence-corrected chi connectivity index (χ4v) is 3.52. The molecule has 4 nitrogen and oxygen atoms in total. The van der Waals surface area contributed by atoms with Crippen LogP contribution in [0.5, 0.6) is 0 Å². The second-order valence-corrected chi connectivity index (χ2v) is 6.50. The fraction of sp³-hybridized carbons (Fsp3) is 0.250. The van der Waals surface area contributed by atoms with Crippen LogP contribution in [0.25, 0.3) is 5.69 Å². The maximum absolute atomic E-state index is 6.39. The van der Waals surface area contributed by atoms with Crippen LogP contribution < -0.4 is 5.73 Å². The summed E-state index contributed by atoms with van der Waals surface area (Å²) in [5.74, 6) is 0.412. The smallest absolute Gasteiger partial charge is 0.0645 e. The Bertz CT molecular complexity index is 782. The predicted octanol–water partition coefficient (Wildman–Crippen LogP) is 2.80. The average molecular weight is 318 g/mol. The van der Waals surface area contributed by atoms with Crippen LogP contribution in [0.15, 0.2) is 73.1 Å². The molecule has 0 aliphatic carbocycles. The van der Waals surface area contributed by atoms with Crippen molar-refractivity contribution < 1.29 is 0 Å². The monoisotopic (exact) mass is 318 g/mol. The first-order valence-electron chi connectivity index (χ1n) is 8.41. The molecule has 4 rings (SSSR count). The van der Waals surface area contributed by atoms with E-state index < -0.39 is 0 Å². The van der Waals surface area contributed by atoms with Crippen molar-refractivity contribution in [3.8, 4) is 5.69 Å². The molecular weight excluding hydrogens is 296 g/mol. The summed E-state index contributed by atoms with van der Waals surface area (Å²) < 4.78 is 1.93. The number of benzene rings is 2. The van der Waals surface area contributed by atoms with Crippen LogP contribution in [0, 0.1) is 0 Å². The van der Waals surface area contributed by atoms with Gasteiger partial charge in [-0.3, -0.25) is 4.90 Å². The summed E-state index contributed by atoms with van der Waals surface area (Å²) in [6.45, 7) is 2.82. The molecule has 0 unspecified atom stereocenters. The molecule has 2 aromatic carbocycles. The van der Waals surface area contributed by atoms with E-state index in [-0.39, 0.29) is 6.04 Å². The van der Waals surface area contributed by atoms with Gasteiger partial charge in [-0.05, 0) is 17.7 Å². The summed E-state index contributed by atoms with van der Waals surface area (Å²) in [5, 5.41) is 4.48. The lowest BCUT2D eigenvalue weighted by atomic mass is 9.95. The van der Waals surface area contributed by atoms with Crippen molar-refractivity contribution in [3.05, 3.63) is 84.2 Å². The Morgan fingerprint density at radius 2 is 1.67 bits per heavy atom. The highest BCUT2D eigenvalue weighted by molar-refractivity contribution is 5.31. The number of para-hydroxylation sites is 1. The Morgan fingerprint density at radius 3 is 2.42 bits per heavy atom. The van der Waals surface area contributed by atoms with Gasteiger partial charge in [-0.2, -0.15) is 5.10 Å². The SMILES string of the molecule is N[C@@H]1CN(Cc2cnn(-c3ccccc3)c2)C[C@H]1c1ccccc1. The zero-order valence-electron chi connectivity index (χ0n) is 13.6. The van der Waals surface area contributed by atoms with Crippen molar-refractivity contribution in [2.24, 2.45) is 5.73 Å². The van der Waals surface area contributed by atoms with Crippen molar-refractivity contribution in [3.63, 3.8) is 0 Å². The van der Waals surface area contributed by atoms with Crippen LogP contribution in [0.3, 0.4) is 0 Å². The third kappa shape index (κ3) is 3.11. The van der Waals surface area contributed by atoms with E-state index in [0.29, 0.717) is 5.92 Å². The van der Waals surface area contributed by atoms with Gasteiger partial charge in [0.15, 0.2) is 0 Å². The highest BCUT2D eigenvalue weighted by atomic mass is 15.3. The van der Waals surface area contributed by atoms with Crippen LogP contribution in [0.4, 0.5) is 0 Å². The van der Waals surface area contributed by atoms with Gasteiger partial charge in [0.05, 0.1) is 11.9 Å². The van der Waals surface area contributed by atoms with Crippen LogP contribution >= 0.6 is 0 Å². The van der Waals surface area contributed by atoms with E-state index in [1.54, 1.807) is 0 Å². The van der Waals surface area contributed by atoms with Crippen molar-refractivity contribution >= 4 is 0 Å². The van der Waals surface area contributed by atoms with Crippen LogP contribution in [0.1, 0.15) is 17.0 Å². The quantitative estimate of drug-likeness (QED) is 0.804. The van der Waals surface area contributed by atoms with Gasteiger partial charge in [0.2, 0.25) is 0 Å². The maximum atomic E-state index is 6.39. The Kier molecular flexibility index (Phi) is 4.15. The van der Waals surface area contributed by atoms with Gasteiger partial charge in [-0.25, -0.2) is 4.68 Å². The summed E-state index contributed by atoms with van der Waals surface area (Å²) in [6.07, 6.45) is 4.06. The molecule has 0 radical (unpaired) electrons. The molecular formula is C20H22N4. The highest BCUT2D eigenvalue weighted by Gasteiger charge is 2.31. The van der Waals surface area contributed by atoms with Gasteiger partial charge in [0.1, 0.15) is 0 Å². The van der Waals surface area contributed by atoms with Crippen molar-refractivity contribution in [2.75, 3.05) is 13.1 Å². The summed E-state index contributed by atoms with van der Waals surface area (Å²) >= 11 is 0. The minimum atomic E-state index is 0.191. The minimum absolute atomic E-state index is 0.191. The molecule has 2 heterocycles. The normalized spacial score (nSPS) is 21.2. The molecule has 0 amide bonds. The third-order valence-electron chi connectivity index (χ3n) is 4.73. The first-order valence-corrected chi connectivity index (χ1v) is 8.41. The van der Waals surface area contributed by atoms with E-state index in [0.717, 1.165) is 25.3 Å². The molecule has 2 atom stereocenters. The first-order chi connectivity index (χ1) is 11.8. The molecule has 0 spiro atoms. The van der Waals surface area contributed by atoms with Gasteiger partial charge in [-0.1, -0.05) is 48.5 Å². The van der Waals surface area contributed by atoms with Crippen LogP contribution in [-0.2, 0) is 6.54 Å². The van der Waals surface area contributed by atoms with E-state index in [4.69, 9.17) is 5.73 Å². The van der Waals surface area contributed by atoms with Crippen LogP contribution in [-0.4, -0.2) is 33.8 Å². The number of likely N-dealkylation sites (tertiary alicyclic amines) is 1. The standard InChI is InChI=1S/C20H22N4/c21-20-15-23(14-19(20)17-7-3-1-4-8-17)12-16-11-22-24(13-16)18-9-5-2-6-10-18/h1-11,13,19-20H,12,14-15,21H2/t19-,20+/m0/s1. The summed E-state index contributed by atoms with van der Waals surface area (Å²) in [4.78, 5) is 2.43. The summed E-state index contributed by atoms with van der Waals surface area (Å²) in [6, 6.07) is 21.0. The lowest BCUT2D eigenvalue weighted by molar-refractivity contribution is 0.324. The largest absolute Gasteiger partial charge is 0.326 e. The molecule has 1 aromatic heterocycles. The topological polar surface area (TPSA) is 47.1 Å². The molecule has 0 saturated carbocycles. The van der Waals surface area contributed by atoms with Gasteiger partial charge >= 0.3 is 0 Å². The number of hydrogen-bond donors (Lipinski definition) is 1. The Hall–Kier alpha value is -2.43. The van der Waals surface area contributed by atoms with Gasteiger partial charge in [0.25, 0.3) is 0 Å².